The molecule has 0 aromatic heterocycles. The van der Waals surface area contributed by atoms with Gasteiger partial charge < -0.3 is 5.73 Å². The Labute approximate surface area is 158 Å². The summed E-state index contributed by atoms with van der Waals surface area (Å²) in [7, 11) is 0. The van der Waals surface area contributed by atoms with Gasteiger partial charge in [0.1, 0.15) is 0 Å². The van der Waals surface area contributed by atoms with Crippen LogP contribution in [0.25, 0.3) is 0 Å². The van der Waals surface area contributed by atoms with Crippen LogP contribution in [-0.2, 0) is 13.1 Å². The molecule has 2 aromatic rings. The fourth-order valence-electron chi connectivity index (χ4n) is 3.44. The lowest BCUT2D eigenvalue weighted by Gasteiger charge is -2.34. The van der Waals surface area contributed by atoms with Crippen LogP contribution in [0.3, 0.4) is 0 Å². The number of aryl methyl sites for hydroxylation is 1. The number of hydrogen-bond acceptors (Lipinski definition) is 5. The maximum absolute atomic E-state index is 11.3. The topological polar surface area (TPSA) is 92.7 Å². The van der Waals surface area contributed by atoms with Crippen molar-refractivity contribution in [2.24, 2.45) is 5.73 Å². The van der Waals surface area contributed by atoms with Gasteiger partial charge in [-0.25, -0.2) is 0 Å². The molecular formula is C20H24N4O3. The molecule has 7 nitrogen and oxygen atoms in total. The number of rotatable bonds is 6. The first-order valence-corrected chi connectivity index (χ1v) is 9.00. The van der Waals surface area contributed by atoms with Crippen molar-refractivity contribution < 1.29 is 9.72 Å². The number of benzene rings is 2. The number of nitrogens with zero attached hydrogens (tertiary/aromatic N) is 3. The predicted molar refractivity (Wildman–Crippen MR) is 103 cm³/mol. The highest BCUT2D eigenvalue weighted by molar-refractivity contribution is 5.93. The van der Waals surface area contributed by atoms with Crippen molar-refractivity contribution in [1.82, 2.24) is 9.80 Å². The molecule has 0 aliphatic carbocycles. The number of nitro benzene ring substituents is 1. The highest BCUT2D eigenvalue weighted by Crippen LogP contribution is 2.23. The lowest BCUT2D eigenvalue weighted by atomic mass is 10.1. The Kier molecular flexibility index (Phi) is 5.83. The molecule has 1 heterocycles. The molecule has 7 heteroatoms. The Morgan fingerprint density at radius 1 is 1.07 bits per heavy atom. The van der Waals surface area contributed by atoms with Crippen molar-refractivity contribution in [3.63, 3.8) is 0 Å². The summed E-state index contributed by atoms with van der Waals surface area (Å²) < 4.78 is 0. The Morgan fingerprint density at radius 3 is 2.33 bits per heavy atom. The SMILES string of the molecule is Cc1cccc(CN2CCN(Cc3ccc(C(N)=O)cc3[N+](=O)[O-])CC2)c1. The summed E-state index contributed by atoms with van der Waals surface area (Å²) >= 11 is 0. The van der Waals surface area contributed by atoms with Gasteiger partial charge in [-0.2, -0.15) is 0 Å². The molecule has 1 aliphatic heterocycles. The molecule has 1 aliphatic rings. The van der Waals surface area contributed by atoms with E-state index in [4.69, 9.17) is 5.73 Å². The number of carbonyl (C=O) groups is 1. The van der Waals surface area contributed by atoms with Crippen molar-refractivity contribution in [2.45, 2.75) is 20.0 Å². The van der Waals surface area contributed by atoms with Gasteiger partial charge in [-0.1, -0.05) is 35.9 Å². The predicted octanol–water partition coefficient (Wildman–Crippen LogP) is 2.32. The second-order valence-corrected chi connectivity index (χ2v) is 7.01. The molecule has 0 atom stereocenters. The van der Waals surface area contributed by atoms with Gasteiger partial charge in [-0.05, 0) is 18.6 Å². The minimum absolute atomic E-state index is 0.0477. The summed E-state index contributed by atoms with van der Waals surface area (Å²) in [5.74, 6) is -0.658. The van der Waals surface area contributed by atoms with Gasteiger partial charge in [0.25, 0.3) is 5.69 Å². The summed E-state index contributed by atoms with van der Waals surface area (Å²) in [4.78, 5) is 26.8. The van der Waals surface area contributed by atoms with Crippen LogP contribution in [0.5, 0.6) is 0 Å². The maximum atomic E-state index is 11.3. The fourth-order valence-corrected chi connectivity index (χ4v) is 3.44. The lowest BCUT2D eigenvalue weighted by Crippen LogP contribution is -2.45. The van der Waals surface area contributed by atoms with Crippen LogP contribution in [0.1, 0.15) is 27.0 Å². The van der Waals surface area contributed by atoms with Gasteiger partial charge >= 0.3 is 0 Å². The third kappa shape index (κ3) is 4.90. The zero-order valence-electron chi connectivity index (χ0n) is 15.4. The molecule has 142 valence electrons. The minimum atomic E-state index is -0.658. The average Bonchev–Trinajstić information content (AvgIpc) is 2.63. The van der Waals surface area contributed by atoms with E-state index < -0.39 is 10.8 Å². The number of nitrogens with two attached hydrogens (primary N) is 1. The number of amides is 1. The van der Waals surface area contributed by atoms with E-state index in [1.54, 1.807) is 12.1 Å². The van der Waals surface area contributed by atoms with Crippen LogP contribution >= 0.6 is 0 Å². The molecule has 1 fully saturated rings. The largest absolute Gasteiger partial charge is 0.366 e. The molecule has 0 radical (unpaired) electrons. The van der Waals surface area contributed by atoms with Gasteiger partial charge in [0.2, 0.25) is 5.91 Å². The molecule has 0 spiro atoms. The van der Waals surface area contributed by atoms with Crippen molar-refractivity contribution in [2.75, 3.05) is 26.2 Å². The number of piperazine rings is 1. The van der Waals surface area contributed by atoms with Crippen LogP contribution < -0.4 is 5.73 Å². The summed E-state index contributed by atoms with van der Waals surface area (Å²) in [6.45, 7) is 7.04. The molecule has 2 aromatic carbocycles. The van der Waals surface area contributed by atoms with Crippen molar-refractivity contribution in [3.8, 4) is 0 Å². The van der Waals surface area contributed by atoms with E-state index >= 15 is 0 Å². The van der Waals surface area contributed by atoms with E-state index in [0.29, 0.717) is 12.1 Å². The lowest BCUT2D eigenvalue weighted by molar-refractivity contribution is -0.385. The Hall–Kier alpha value is -2.77. The molecule has 0 bridgehead atoms. The molecule has 1 saturated heterocycles. The standard InChI is InChI=1S/C20H24N4O3/c1-15-3-2-4-16(11-15)13-22-7-9-23(10-8-22)14-18-6-5-17(20(21)25)12-19(18)24(26)27/h2-6,11-12H,7-10,13-14H2,1H3,(H2,21,25). The van der Waals surface area contributed by atoms with Crippen LogP contribution in [0, 0.1) is 17.0 Å². The molecule has 0 unspecified atom stereocenters. The first kappa shape index (κ1) is 19.0. The third-order valence-corrected chi connectivity index (χ3v) is 4.91. The quantitative estimate of drug-likeness (QED) is 0.624. The van der Waals surface area contributed by atoms with E-state index in [0.717, 1.165) is 32.7 Å². The molecule has 27 heavy (non-hydrogen) atoms. The molecule has 1 amide bonds. The summed E-state index contributed by atoms with van der Waals surface area (Å²) in [6, 6.07) is 13.0. The second kappa shape index (κ2) is 8.28. The van der Waals surface area contributed by atoms with E-state index in [-0.39, 0.29) is 11.3 Å². The van der Waals surface area contributed by atoms with Gasteiger partial charge in [0, 0.05) is 56.5 Å². The third-order valence-electron chi connectivity index (χ3n) is 4.91. The summed E-state index contributed by atoms with van der Waals surface area (Å²) in [5, 5.41) is 11.3. The Balaban J connectivity index is 1.60. The van der Waals surface area contributed by atoms with Crippen molar-refractivity contribution in [1.29, 1.82) is 0 Å². The number of carbonyl (C=O) groups excluding carboxylic acids is 1. The first-order valence-electron chi connectivity index (χ1n) is 9.00. The molecule has 0 saturated carbocycles. The average molecular weight is 368 g/mol. The molecular weight excluding hydrogens is 344 g/mol. The van der Waals surface area contributed by atoms with E-state index in [1.165, 1.54) is 17.2 Å². The van der Waals surface area contributed by atoms with Crippen LogP contribution in [-0.4, -0.2) is 46.8 Å². The smallest absolute Gasteiger partial charge is 0.274 e. The van der Waals surface area contributed by atoms with E-state index in [1.807, 2.05) is 0 Å². The first-order chi connectivity index (χ1) is 12.9. The zero-order valence-corrected chi connectivity index (χ0v) is 15.4. The van der Waals surface area contributed by atoms with Gasteiger partial charge in [0.15, 0.2) is 0 Å². The molecule has 3 rings (SSSR count). The zero-order chi connectivity index (χ0) is 19.4. The van der Waals surface area contributed by atoms with Gasteiger partial charge in [-0.15, -0.1) is 0 Å². The summed E-state index contributed by atoms with van der Waals surface area (Å²) in [5.41, 5.74) is 8.52. The Morgan fingerprint density at radius 2 is 1.74 bits per heavy atom. The second-order valence-electron chi connectivity index (χ2n) is 7.01. The van der Waals surface area contributed by atoms with Crippen LogP contribution in [0.2, 0.25) is 0 Å². The monoisotopic (exact) mass is 368 g/mol. The van der Waals surface area contributed by atoms with E-state index in [2.05, 4.69) is 41.0 Å². The Bertz CT molecular complexity index is 845. The highest BCUT2D eigenvalue weighted by atomic mass is 16.6. The van der Waals surface area contributed by atoms with Crippen LogP contribution in [0.15, 0.2) is 42.5 Å². The highest BCUT2D eigenvalue weighted by Gasteiger charge is 2.22. The summed E-state index contributed by atoms with van der Waals surface area (Å²) in [6.07, 6.45) is 0. The van der Waals surface area contributed by atoms with Gasteiger partial charge in [0.05, 0.1) is 4.92 Å². The van der Waals surface area contributed by atoms with E-state index in [9.17, 15) is 14.9 Å². The number of nitro groups is 1. The minimum Gasteiger partial charge on any atom is -0.366 e. The number of hydrogen-bond donors (Lipinski definition) is 1. The fraction of sp³-hybridized carbons (Fsp3) is 0.350. The van der Waals surface area contributed by atoms with Crippen molar-refractivity contribution in [3.05, 3.63) is 74.8 Å². The van der Waals surface area contributed by atoms with Gasteiger partial charge in [-0.3, -0.25) is 24.7 Å². The van der Waals surface area contributed by atoms with Crippen molar-refractivity contribution >= 4 is 11.6 Å². The molecule has 2 N–H and O–H groups in total. The number of primary amides is 1. The normalized spacial score (nSPS) is 15.6. The van der Waals surface area contributed by atoms with Crippen LogP contribution in [0.4, 0.5) is 5.69 Å². The maximum Gasteiger partial charge on any atom is 0.274 e.